The van der Waals surface area contributed by atoms with Crippen LogP contribution < -0.4 is 15.4 Å². The second-order valence-corrected chi connectivity index (χ2v) is 9.15. The molecule has 0 radical (unpaired) electrons. The highest BCUT2D eigenvalue weighted by Gasteiger charge is 2.36. The second-order valence-electron chi connectivity index (χ2n) is 8.09. The maximum absolute atomic E-state index is 13.7. The molecule has 0 bridgehead atoms. The number of nitrogens with zero attached hydrogens (tertiary/aromatic N) is 3. The number of thioether (sulfide) groups is 1. The van der Waals surface area contributed by atoms with Crippen molar-refractivity contribution in [1.82, 2.24) is 14.8 Å². The van der Waals surface area contributed by atoms with Gasteiger partial charge in [-0.2, -0.15) is 4.98 Å². The molecule has 2 N–H and O–H groups in total. The lowest BCUT2D eigenvalue weighted by molar-refractivity contribution is -0.113. The van der Waals surface area contributed by atoms with Crippen molar-refractivity contribution < 1.29 is 9.53 Å². The molecule has 7 nitrogen and oxygen atoms in total. The predicted molar refractivity (Wildman–Crippen MR) is 133 cm³/mol. The van der Waals surface area contributed by atoms with E-state index < -0.39 is 6.04 Å². The van der Waals surface area contributed by atoms with Crippen molar-refractivity contribution in [1.29, 1.82) is 0 Å². The molecule has 3 aromatic rings. The predicted octanol–water partition coefficient (Wildman–Crippen LogP) is 5.33. The number of hydrogen-bond donors (Lipinski definition) is 2. The first-order chi connectivity index (χ1) is 15.9. The van der Waals surface area contributed by atoms with Crippen LogP contribution in [0.2, 0.25) is 0 Å². The lowest BCUT2D eigenvalue weighted by atomic mass is 9.94. The Kier molecular flexibility index (Phi) is 6.74. The summed E-state index contributed by atoms with van der Waals surface area (Å²) in [6, 6.07) is 13.2. The molecular formula is C25H29N5O2S. The van der Waals surface area contributed by atoms with Gasteiger partial charge in [0, 0.05) is 22.7 Å². The van der Waals surface area contributed by atoms with Crippen molar-refractivity contribution >= 4 is 29.3 Å². The second kappa shape index (κ2) is 9.70. The molecule has 2 heterocycles. The molecule has 4 rings (SSSR count). The van der Waals surface area contributed by atoms with E-state index in [9.17, 15) is 4.79 Å². The third-order valence-electron chi connectivity index (χ3n) is 5.58. The summed E-state index contributed by atoms with van der Waals surface area (Å²) < 4.78 is 7.45. The summed E-state index contributed by atoms with van der Waals surface area (Å²) in [5.41, 5.74) is 5.11. The van der Waals surface area contributed by atoms with Gasteiger partial charge in [0.25, 0.3) is 5.91 Å². The highest BCUT2D eigenvalue weighted by Crippen LogP contribution is 2.40. The Bertz CT molecular complexity index is 1220. The molecule has 0 saturated heterocycles. The Balaban J connectivity index is 1.79. The third-order valence-corrected chi connectivity index (χ3v) is 6.62. The average Bonchev–Trinajstić information content (AvgIpc) is 3.20. The summed E-state index contributed by atoms with van der Waals surface area (Å²) in [5.74, 6) is 2.05. The molecule has 1 unspecified atom stereocenters. The van der Waals surface area contributed by atoms with Crippen LogP contribution in [0.1, 0.15) is 43.0 Å². The highest BCUT2D eigenvalue weighted by atomic mass is 32.2. The molecule has 8 heteroatoms. The summed E-state index contributed by atoms with van der Waals surface area (Å²) in [4.78, 5) is 18.3. The van der Waals surface area contributed by atoms with Crippen molar-refractivity contribution in [2.24, 2.45) is 0 Å². The van der Waals surface area contributed by atoms with Crippen molar-refractivity contribution in [2.45, 2.75) is 45.3 Å². The Labute approximate surface area is 198 Å². The molecule has 2 aromatic carbocycles. The number of carbonyl (C=O) groups excluding carboxylic acids is 1. The van der Waals surface area contributed by atoms with Crippen molar-refractivity contribution in [3.05, 3.63) is 70.4 Å². The van der Waals surface area contributed by atoms with Crippen LogP contribution in [0.5, 0.6) is 5.75 Å². The van der Waals surface area contributed by atoms with Gasteiger partial charge in [-0.3, -0.25) is 4.79 Å². The number of hydrogen-bond acceptors (Lipinski definition) is 6. The normalized spacial score (nSPS) is 15.1. The van der Waals surface area contributed by atoms with E-state index >= 15 is 0 Å². The number of anilines is 2. The van der Waals surface area contributed by atoms with Crippen LogP contribution in [0, 0.1) is 13.8 Å². The number of carbonyl (C=O) groups is 1. The fourth-order valence-electron chi connectivity index (χ4n) is 4.00. The monoisotopic (exact) mass is 463 g/mol. The number of aryl methyl sites for hydroxylation is 2. The van der Waals surface area contributed by atoms with Gasteiger partial charge < -0.3 is 15.4 Å². The third kappa shape index (κ3) is 4.61. The van der Waals surface area contributed by atoms with E-state index in [0.717, 1.165) is 40.2 Å². The van der Waals surface area contributed by atoms with E-state index in [1.807, 2.05) is 57.2 Å². The Morgan fingerprint density at radius 1 is 1.21 bits per heavy atom. The van der Waals surface area contributed by atoms with E-state index in [-0.39, 0.29) is 5.91 Å². The molecule has 0 spiro atoms. The van der Waals surface area contributed by atoms with Gasteiger partial charge in [0.05, 0.1) is 12.7 Å². The summed E-state index contributed by atoms with van der Waals surface area (Å²) in [7, 11) is 1.64. The number of ether oxygens (including phenoxy) is 1. The fraction of sp³-hybridized carbons (Fsp3) is 0.320. The SMILES string of the molecule is CCCSc1nc2n(n1)C(c1ccccc1OC)C(C(=O)Nc1ccc(C)cc1C)=C(C)N2. The maximum Gasteiger partial charge on any atom is 0.255 e. The van der Waals surface area contributed by atoms with Crippen LogP contribution in [0.15, 0.2) is 58.9 Å². The van der Waals surface area contributed by atoms with Crippen LogP contribution in [0.3, 0.4) is 0 Å². The van der Waals surface area contributed by atoms with Crippen LogP contribution in [-0.4, -0.2) is 33.5 Å². The number of methoxy groups -OCH3 is 1. The first-order valence-corrected chi connectivity index (χ1v) is 12.0. The molecule has 1 amide bonds. The van der Waals surface area contributed by atoms with Crippen LogP contribution in [0.25, 0.3) is 0 Å². The molecule has 172 valence electrons. The van der Waals surface area contributed by atoms with E-state index in [2.05, 4.69) is 28.6 Å². The van der Waals surface area contributed by atoms with Gasteiger partial charge in [0.15, 0.2) is 0 Å². The first kappa shape index (κ1) is 22.9. The van der Waals surface area contributed by atoms with Gasteiger partial charge in [-0.25, -0.2) is 4.68 Å². The van der Waals surface area contributed by atoms with Gasteiger partial charge in [0.1, 0.15) is 11.8 Å². The zero-order valence-corrected chi connectivity index (χ0v) is 20.4. The molecule has 0 aliphatic carbocycles. The number of allylic oxidation sites excluding steroid dienone is 1. The number of fused-ring (bicyclic) bond motifs is 1. The zero-order valence-electron chi connectivity index (χ0n) is 19.6. The standard InChI is InChI=1S/C25H29N5O2S/c1-6-13-33-25-28-24-26-17(4)21(23(31)27-19-12-11-15(2)14-16(19)3)22(30(24)29-25)18-9-7-8-10-20(18)32-5/h7-12,14,22H,6,13H2,1-5H3,(H,27,31)(H,26,28,29). The van der Waals surface area contributed by atoms with E-state index in [1.165, 1.54) is 0 Å². The Morgan fingerprint density at radius 3 is 2.73 bits per heavy atom. The first-order valence-electron chi connectivity index (χ1n) is 11.0. The molecular weight excluding hydrogens is 434 g/mol. The number of para-hydroxylation sites is 1. The number of amides is 1. The Hall–Kier alpha value is -3.26. The highest BCUT2D eigenvalue weighted by molar-refractivity contribution is 7.99. The topological polar surface area (TPSA) is 81.1 Å². The van der Waals surface area contributed by atoms with Crippen molar-refractivity contribution in [3.63, 3.8) is 0 Å². The van der Waals surface area contributed by atoms with E-state index in [1.54, 1.807) is 23.6 Å². The lowest BCUT2D eigenvalue weighted by Crippen LogP contribution is -2.31. The Morgan fingerprint density at radius 2 is 2.00 bits per heavy atom. The van der Waals surface area contributed by atoms with Gasteiger partial charge >= 0.3 is 0 Å². The quantitative estimate of drug-likeness (QED) is 0.461. The van der Waals surface area contributed by atoms with Crippen LogP contribution in [-0.2, 0) is 4.79 Å². The molecule has 33 heavy (non-hydrogen) atoms. The molecule has 1 aromatic heterocycles. The minimum absolute atomic E-state index is 0.188. The van der Waals surface area contributed by atoms with E-state index in [4.69, 9.17) is 9.84 Å². The summed E-state index contributed by atoms with van der Waals surface area (Å²) in [6.07, 6.45) is 1.03. The molecule has 0 fully saturated rings. The molecule has 1 atom stereocenters. The minimum Gasteiger partial charge on any atom is -0.496 e. The number of benzene rings is 2. The van der Waals surface area contributed by atoms with Gasteiger partial charge in [0.2, 0.25) is 11.1 Å². The minimum atomic E-state index is -0.480. The fourth-order valence-corrected chi connectivity index (χ4v) is 4.69. The molecule has 1 aliphatic heterocycles. The van der Waals surface area contributed by atoms with Crippen LogP contribution in [0.4, 0.5) is 11.6 Å². The van der Waals surface area contributed by atoms with E-state index in [0.29, 0.717) is 22.4 Å². The summed E-state index contributed by atoms with van der Waals surface area (Å²) in [5, 5.41) is 11.8. The van der Waals surface area contributed by atoms with Gasteiger partial charge in [-0.1, -0.05) is 54.6 Å². The number of aromatic nitrogens is 3. The van der Waals surface area contributed by atoms with Gasteiger partial charge in [-0.05, 0) is 44.9 Å². The maximum atomic E-state index is 13.7. The largest absolute Gasteiger partial charge is 0.496 e. The summed E-state index contributed by atoms with van der Waals surface area (Å²) >= 11 is 1.60. The van der Waals surface area contributed by atoms with Crippen molar-refractivity contribution in [2.75, 3.05) is 23.5 Å². The molecule has 0 saturated carbocycles. The zero-order chi connectivity index (χ0) is 23.5. The number of rotatable bonds is 7. The van der Waals surface area contributed by atoms with Gasteiger partial charge in [-0.15, -0.1) is 5.10 Å². The van der Waals surface area contributed by atoms with Crippen molar-refractivity contribution in [3.8, 4) is 5.75 Å². The molecule has 1 aliphatic rings. The van der Waals surface area contributed by atoms with Crippen LogP contribution >= 0.6 is 11.8 Å². The lowest BCUT2D eigenvalue weighted by Gasteiger charge is -2.29. The smallest absolute Gasteiger partial charge is 0.255 e. The average molecular weight is 464 g/mol. The summed E-state index contributed by atoms with van der Waals surface area (Å²) in [6.45, 7) is 8.05. The number of nitrogens with one attached hydrogen (secondary N) is 2.